The van der Waals surface area contributed by atoms with Crippen LogP contribution in [0.15, 0.2) is 78.6 Å². The van der Waals surface area contributed by atoms with E-state index in [1.54, 1.807) is 0 Å². The van der Waals surface area contributed by atoms with Crippen LogP contribution in [-0.4, -0.2) is 4.98 Å². The van der Waals surface area contributed by atoms with Crippen molar-refractivity contribution in [3.05, 3.63) is 84.3 Å². The molecule has 2 heterocycles. The Morgan fingerprint density at radius 3 is 2.74 bits per heavy atom. The standard InChI is InChI=1S/C25H19NO/c1-15-10-12-19-22(14-15)27-21-9-5-4-8-18(21)23-20-13-11-16-6-2-3-7-17(16)24(20)26-25(19)23/h2-9,11-15,26H,10H2,1H3. The Kier molecular flexibility index (Phi) is 2.96. The molecule has 0 amide bonds. The Morgan fingerprint density at radius 1 is 0.926 bits per heavy atom. The molecular formula is C25H19NO. The van der Waals surface area contributed by atoms with E-state index in [1.807, 2.05) is 6.07 Å². The Labute approximate surface area is 157 Å². The third-order valence-electron chi connectivity index (χ3n) is 5.74. The summed E-state index contributed by atoms with van der Waals surface area (Å²) in [6.07, 6.45) is 5.61. The van der Waals surface area contributed by atoms with Crippen molar-refractivity contribution in [1.29, 1.82) is 0 Å². The summed E-state index contributed by atoms with van der Waals surface area (Å²) in [6, 6.07) is 21.4. The number of hydrogen-bond donors (Lipinski definition) is 1. The Hall–Kier alpha value is -3.26. The van der Waals surface area contributed by atoms with E-state index in [-0.39, 0.29) is 0 Å². The third kappa shape index (κ3) is 2.07. The first kappa shape index (κ1) is 14.9. The van der Waals surface area contributed by atoms with Crippen LogP contribution >= 0.6 is 0 Å². The molecule has 0 saturated carbocycles. The molecule has 27 heavy (non-hydrogen) atoms. The predicted octanol–water partition coefficient (Wildman–Crippen LogP) is 6.69. The van der Waals surface area contributed by atoms with Gasteiger partial charge in [-0.2, -0.15) is 0 Å². The van der Waals surface area contributed by atoms with Crippen molar-refractivity contribution in [3.63, 3.8) is 0 Å². The van der Waals surface area contributed by atoms with E-state index < -0.39 is 0 Å². The summed E-state index contributed by atoms with van der Waals surface area (Å²) in [4.78, 5) is 3.76. The average Bonchev–Trinajstić information content (AvgIpc) is 3.02. The molecule has 4 aromatic rings. The SMILES string of the molecule is CC1C=C2Oc3ccccc3-c3c([nH]c4c3ccc3ccccc34)C2=CC1. The van der Waals surface area contributed by atoms with E-state index in [0.717, 1.165) is 23.5 Å². The second kappa shape index (κ2) is 5.37. The maximum atomic E-state index is 6.38. The number of nitrogens with one attached hydrogen (secondary N) is 1. The maximum Gasteiger partial charge on any atom is 0.135 e. The molecule has 1 N–H and O–H groups in total. The number of rotatable bonds is 0. The number of aromatic amines is 1. The number of hydrogen-bond acceptors (Lipinski definition) is 1. The number of para-hydroxylation sites is 1. The lowest BCUT2D eigenvalue weighted by molar-refractivity contribution is 0.441. The van der Waals surface area contributed by atoms with Crippen LogP contribution in [0.2, 0.25) is 0 Å². The quantitative estimate of drug-likeness (QED) is 0.376. The Bertz CT molecular complexity index is 1290. The molecule has 0 fully saturated rings. The fraction of sp³-hybridized carbons (Fsp3) is 0.120. The van der Waals surface area contributed by atoms with Gasteiger partial charge in [0.05, 0.1) is 11.2 Å². The highest BCUT2D eigenvalue weighted by Gasteiger charge is 2.28. The fourth-order valence-electron chi connectivity index (χ4n) is 4.43. The van der Waals surface area contributed by atoms with Crippen LogP contribution in [0.5, 0.6) is 5.75 Å². The zero-order valence-electron chi connectivity index (χ0n) is 15.1. The molecule has 0 spiro atoms. The van der Waals surface area contributed by atoms with Gasteiger partial charge in [-0.3, -0.25) is 0 Å². The minimum absolute atomic E-state index is 0.489. The summed E-state index contributed by atoms with van der Waals surface area (Å²) in [5, 5.41) is 3.77. The van der Waals surface area contributed by atoms with Crippen molar-refractivity contribution in [2.75, 3.05) is 0 Å². The van der Waals surface area contributed by atoms with Crippen LogP contribution in [0.25, 0.3) is 38.4 Å². The topological polar surface area (TPSA) is 25.0 Å². The largest absolute Gasteiger partial charge is 0.456 e. The van der Waals surface area contributed by atoms with Gasteiger partial charge in [0.2, 0.25) is 0 Å². The minimum Gasteiger partial charge on any atom is -0.456 e. The smallest absolute Gasteiger partial charge is 0.135 e. The molecule has 1 aliphatic carbocycles. The van der Waals surface area contributed by atoms with Crippen molar-refractivity contribution >= 4 is 27.2 Å². The second-order valence-corrected chi connectivity index (χ2v) is 7.54. The summed E-state index contributed by atoms with van der Waals surface area (Å²) in [5.41, 5.74) is 5.95. The molecule has 1 unspecified atom stereocenters. The van der Waals surface area contributed by atoms with Crippen molar-refractivity contribution in [2.45, 2.75) is 13.3 Å². The summed E-state index contributed by atoms with van der Waals surface area (Å²) in [5.74, 6) is 2.38. The molecule has 0 radical (unpaired) electrons. The van der Waals surface area contributed by atoms with E-state index in [2.05, 4.69) is 78.7 Å². The highest BCUT2D eigenvalue weighted by atomic mass is 16.5. The number of benzene rings is 3. The number of ether oxygens (including phenoxy) is 1. The molecule has 0 saturated heterocycles. The van der Waals surface area contributed by atoms with Gasteiger partial charge in [-0.15, -0.1) is 0 Å². The maximum absolute atomic E-state index is 6.38. The molecule has 130 valence electrons. The predicted molar refractivity (Wildman–Crippen MR) is 112 cm³/mol. The minimum atomic E-state index is 0.489. The van der Waals surface area contributed by atoms with Crippen molar-refractivity contribution < 1.29 is 4.74 Å². The van der Waals surface area contributed by atoms with E-state index in [9.17, 15) is 0 Å². The molecule has 3 aromatic carbocycles. The molecule has 2 nitrogen and oxygen atoms in total. The van der Waals surface area contributed by atoms with Crippen LogP contribution in [0, 0.1) is 5.92 Å². The summed E-state index contributed by atoms with van der Waals surface area (Å²) < 4.78 is 6.38. The molecular weight excluding hydrogens is 330 g/mol. The van der Waals surface area contributed by atoms with Gasteiger partial charge in [0, 0.05) is 27.5 Å². The first-order valence-corrected chi connectivity index (χ1v) is 9.53. The first-order valence-electron chi connectivity index (χ1n) is 9.53. The molecule has 1 atom stereocenters. The van der Waals surface area contributed by atoms with Crippen LogP contribution in [0.1, 0.15) is 19.0 Å². The highest BCUT2D eigenvalue weighted by Crippen LogP contribution is 2.48. The fourth-order valence-corrected chi connectivity index (χ4v) is 4.43. The summed E-state index contributed by atoms with van der Waals surface area (Å²) >= 11 is 0. The van der Waals surface area contributed by atoms with Crippen LogP contribution < -0.4 is 4.74 Å². The van der Waals surface area contributed by atoms with Gasteiger partial charge < -0.3 is 9.72 Å². The van der Waals surface area contributed by atoms with Crippen LogP contribution in [-0.2, 0) is 0 Å². The third-order valence-corrected chi connectivity index (χ3v) is 5.74. The van der Waals surface area contributed by atoms with Crippen molar-refractivity contribution in [3.8, 4) is 16.9 Å². The summed E-state index contributed by atoms with van der Waals surface area (Å²) in [6.45, 7) is 2.24. The zero-order valence-corrected chi connectivity index (χ0v) is 15.1. The number of aromatic nitrogens is 1. The van der Waals surface area contributed by atoms with E-state index in [0.29, 0.717) is 5.92 Å². The van der Waals surface area contributed by atoms with E-state index >= 15 is 0 Å². The average molecular weight is 349 g/mol. The normalized spacial score (nSPS) is 18.0. The monoisotopic (exact) mass is 349 g/mol. The van der Waals surface area contributed by atoms with Gasteiger partial charge in [0.1, 0.15) is 11.5 Å². The van der Waals surface area contributed by atoms with E-state index in [1.165, 1.54) is 38.5 Å². The van der Waals surface area contributed by atoms with Gasteiger partial charge >= 0.3 is 0 Å². The molecule has 2 aliphatic rings. The molecule has 1 aromatic heterocycles. The molecule has 1 aliphatic heterocycles. The number of H-pyrrole nitrogens is 1. The van der Waals surface area contributed by atoms with Crippen LogP contribution in [0.4, 0.5) is 0 Å². The van der Waals surface area contributed by atoms with Crippen LogP contribution in [0.3, 0.4) is 0 Å². The number of allylic oxidation sites excluding steroid dienone is 3. The zero-order chi connectivity index (χ0) is 18.0. The molecule has 0 bridgehead atoms. The molecule has 2 heteroatoms. The lowest BCUT2D eigenvalue weighted by Gasteiger charge is -2.18. The second-order valence-electron chi connectivity index (χ2n) is 7.54. The first-order chi connectivity index (χ1) is 13.3. The van der Waals surface area contributed by atoms with Crippen molar-refractivity contribution in [1.82, 2.24) is 4.98 Å². The van der Waals surface area contributed by atoms with Gasteiger partial charge in [-0.1, -0.05) is 67.6 Å². The molecule has 6 rings (SSSR count). The Balaban J connectivity index is 1.78. The Morgan fingerprint density at radius 2 is 1.78 bits per heavy atom. The highest BCUT2D eigenvalue weighted by molar-refractivity contribution is 6.14. The van der Waals surface area contributed by atoms with E-state index in [4.69, 9.17) is 4.74 Å². The lowest BCUT2D eigenvalue weighted by Crippen LogP contribution is -2.05. The number of fused-ring (bicyclic) bond motifs is 9. The summed E-state index contributed by atoms with van der Waals surface area (Å²) in [7, 11) is 0. The van der Waals surface area contributed by atoms with Gasteiger partial charge in [-0.25, -0.2) is 0 Å². The van der Waals surface area contributed by atoms with Crippen molar-refractivity contribution in [2.24, 2.45) is 5.92 Å². The lowest BCUT2D eigenvalue weighted by atomic mass is 9.92. The van der Waals surface area contributed by atoms with Gasteiger partial charge in [0.25, 0.3) is 0 Å². The van der Waals surface area contributed by atoms with Gasteiger partial charge in [-0.05, 0) is 29.9 Å². The van der Waals surface area contributed by atoms with Gasteiger partial charge in [0.15, 0.2) is 0 Å².